The van der Waals surface area contributed by atoms with E-state index in [0.717, 1.165) is 0 Å². The minimum Gasteiger partial charge on any atom is -0.333 e. The predicted molar refractivity (Wildman–Crippen MR) is 36.4 cm³/mol. The van der Waals surface area contributed by atoms with Gasteiger partial charge >= 0.3 is 7.82 Å². The van der Waals surface area contributed by atoms with Crippen molar-refractivity contribution in [3.05, 3.63) is 0 Å². The van der Waals surface area contributed by atoms with E-state index in [0.29, 0.717) is 12.8 Å². The molecule has 66 valence electrons. The molecule has 3 N–H and O–H groups in total. The van der Waals surface area contributed by atoms with Crippen LogP contribution in [0, 0.1) is 0 Å². The predicted octanol–water partition coefficient (Wildman–Crippen LogP) is -0.422. The first-order chi connectivity index (χ1) is 4.99. The van der Waals surface area contributed by atoms with Crippen LogP contribution in [0.1, 0.15) is 13.3 Å². The highest BCUT2D eigenvalue weighted by Gasteiger charge is 2.19. The van der Waals surface area contributed by atoms with E-state index in [9.17, 15) is 9.36 Å². The smallest absolute Gasteiger partial charge is 0.333 e. The third-order valence-corrected chi connectivity index (χ3v) is 1.42. The Labute approximate surface area is 63.8 Å². The molecule has 0 heterocycles. The number of carbonyl (C=O) groups is 1. The third kappa shape index (κ3) is 6.00. The monoisotopic (exact) mass is 183 g/mol. The van der Waals surface area contributed by atoms with E-state index >= 15 is 0 Å². The van der Waals surface area contributed by atoms with Gasteiger partial charge in [-0.2, -0.15) is 0 Å². The van der Waals surface area contributed by atoms with Gasteiger partial charge in [-0.15, -0.1) is 0 Å². The minimum absolute atomic E-state index is 0.295. The van der Waals surface area contributed by atoms with Crippen LogP contribution in [0.5, 0.6) is 0 Å². The van der Waals surface area contributed by atoms with E-state index in [1.54, 1.807) is 6.92 Å². The van der Waals surface area contributed by atoms with Crippen molar-refractivity contribution < 1.29 is 23.7 Å². The van der Waals surface area contributed by atoms with E-state index in [1.807, 2.05) is 0 Å². The van der Waals surface area contributed by atoms with Crippen LogP contribution in [-0.2, 0) is 13.9 Å². The van der Waals surface area contributed by atoms with Crippen molar-refractivity contribution >= 4 is 14.2 Å². The molecule has 0 aromatic rings. The Kier molecular flexibility index (Phi) is 4.29. The zero-order chi connectivity index (χ0) is 8.91. The fourth-order valence-electron chi connectivity index (χ4n) is 0.464. The van der Waals surface area contributed by atoms with E-state index in [1.165, 1.54) is 0 Å². The number of hydrogen-bond donors (Lipinski definition) is 3. The van der Waals surface area contributed by atoms with Gasteiger partial charge in [0.05, 0.1) is 0 Å². The highest BCUT2D eigenvalue weighted by molar-refractivity contribution is 7.46. The first-order valence-electron chi connectivity index (χ1n) is 2.93. The Morgan fingerprint density at radius 1 is 1.73 bits per heavy atom. The lowest BCUT2D eigenvalue weighted by Crippen LogP contribution is -2.28. The van der Waals surface area contributed by atoms with Gasteiger partial charge in [0.15, 0.2) is 0 Å². The zero-order valence-electron chi connectivity index (χ0n) is 5.93. The average molecular weight is 183 g/mol. The molecule has 0 saturated carbocycles. The van der Waals surface area contributed by atoms with Gasteiger partial charge in [0.2, 0.25) is 6.41 Å². The molecule has 0 saturated heterocycles. The molecule has 7 heteroatoms. The van der Waals surface area contributed by atoms with Crippen LogP contribution in [-0.4, -0.2) is 22.4 Å². The SMILES string of the molecule is CCC(NC=O)OP(=O)(O)O. The molecule has 0 aliphatic carbocycles. The molecule has 6 nitrogen and oxygen atoms in total. The van der Waals surface area contributed by atoms with Crippen LogP contribution in [0.2, 0.25) is 0 Å². The molecular formula is C4H10NO5P. The summed E-state index contributed by atoms with van der Waals surface area (Å²) in [5.41, 5.74) is 0. The van der Waals surface area contributed by atoms with Gasteiger partial charge in [-0.05, 0) is 6.42 Å². The zero-order valence-corrected chi connectivity index (χ0v) is 6.82. The Hall–Kier alpha value is -0.420. The Morgan fingerprint density at radius 3 is 2.55 bits per heavy atom. The van der Waals surface area contributed by atoms with Gasteiger partial charge in [-0.3, -0.25) is 9.32 Å². The van der Waals surface area contributed by atoms with Crippen LogP contribution < -0.4 is 5.32 Å². The molecule has 0 aromatic carbocycles. The summed E-state index contributed by atoms with van der Waals surface area (Å²) in [6.45, 7) is 1.62. The quantitative estimate of drug-likeness (QED) is 0.305. The molecule has 1 amide bonds. The van der Waals surface area contributed by atoms with E-state index in [4.69, 9.17) is 9.79 Å². The maximum absolute atomic E-state index is 10.2. The lowest BCUT2D eigenvalue weighted by Gasteiger charge is -2.14. The molecule has 1 unspecified atom stereocenters. The molecule has 1 atom stereocenters. The lowest BCUT2D eigenvalue weighted by atomic mass is 10.4. The summed E-state index contributed by atoms with van der Waals surface area (Å²) in [5, 5.41) is 2.09. The summed E-state index contributed by atoms with van der Waals surface area (Å²) >= 11 is 0. The van der Waals surface area contributed by atoms with E-state index in [2.05, 4.69) is 9.84 Å². The Bertz CT molecular complexity index is 166. The minimum atomic E-state index is -4.49. The van der Waals surface area contributed by atoms with Gasteiger partial charge in [0.1, 0.15) is 6.23 Å². The number of amides is 1. The largest absolute Gasteiger partial charge is 0.471 e. The van der Waals surface area contributed by atoms with E-state index < -0.39 is 14.1 Å². The number of phosphoric acid groups is 1. The third-order valence-electron chi connectivity index (χ3n) is 0.889. The summed E-state index contributed by atoms with van der Waals surface area (Å²) in [7, 11) is -4.49. The summed E-state index contributed by atoms with van der Waals surface area (Å²) in [6, 6.07) is 0. The van der Waals surface area contributed by atoms with E-state index in [-0.39, 0.29) is 0 Å². The van der Waals surface area contributed by atoms with Gasteiger partial charge in [-0.1, -0.05) is 6.92 Å². The van der Waals surface area contributed by atoms with Crippen molar-refractivity contribution in [1.29, 1.82) is 0 Å². The number of phosphoric ester groups is 1. The summed E-state index contributed by atoms with van der Waals surface area (Å²) in [5.74, 6) is 0. The lowest BCUT2D eigenvalue weighted by molar-refractivity contribution is -0.111. The van der Waals surface area contributed by atoms with Crippen LogP contribution in [0.3, 0.4) is 0 Å². The summed E-state index contributed by atoms with van der Waals surface area (Å²) < 4.78 is 14.3. The topological polar surface area (TPSA) is 95.9 Å². The second kappa shape index (κ2) is 4.46. The van der Waals surface area contributed by atoms with Crippen LogP contribution >= 0.6 is 7.82 Å². The molecule has 0 radical (unpaired) electrons. The molecule has 11 heavy (non-hydrogen) atoms. The molecular weight excluding hydrogens is 173 g/mol. The molecule has 0 aliphatic heterocycles. The number of nitrogens with one attached hydrogen (secondary N) is 1. The highest BCUT2D eigenvalue weighted by atomic mass is 31.2. The van der Waals surface area contributed by atoms with Crippen molar-refractivity contribution in [2.75, 3.05) is 0 Å². The van der Waals surface area contributed by atoms with Gasteiger partial charge in [0.25, 0.3) is 0 Å². The molecule has 0 spiro atoms. The van der Waals surface area contributed by atoms with Crippen molar-refractivity contribution in [3.8, 4) is 0 Å². The first-order valence-corrected chi connectivity index (χ1v) is 4.46. The second-order valence-corrected chi connectivity index (χ2v) is 2.97. The van der Waals surface area contributed by atoms with Crippen LogP contribution in [0.4, 0.5) is 0 Å². The van der Waals surface area contributed by atoms with Crippen LogP contribution in [0.25, 0.3) is 0 Å². The van der Waals surface area contributed by atoms with Crippen molar-refractivity contribution in [1.82, 2.24) is 5.32 Å². The molecule has 0 aromatic heterocycles. The summed E-state index contributed by atoms with van der Waals surface area (Å²) in [6.07, 6.45) is -0.304. The summed E-state index contributed by atoms with van der Waals surface area (Å²) in [4.78, 5) is 26.4. The maximum atomic E-state index is 10.2. The van der Waals surface area contributed by atoms with Crippen molar-refractivity contribution in [3.63, 3.8) is 0 Å². The average Bonchev–Trinajstić information content (AvgIpc) is 1.84. The van der Waals surface area contributed by atoms with Crippen molar-refractivity contribution in [2.45, 2.75) is 19.6 Å². The number of hydrogen-bond acceptors (Lipinski definition) is 3. The molecule has 0 fully saturated rings. The standard InChI is InChI=1S/C4H10NO5P/c1-2-4(5-3-6)10-11(7,8)9/h3-4H,2H2,1H3,(H,5,6)(H2,7,8,9). The normalized spacial score (nSPS) is 14.1. The number of rotatable bonds is 5. The Morgan fingerprint density at radius 2 is 2.27 bits per heavy atom. The first kappa shape index (κ1) is 10.6. The van der Waals surface area contributed by atoms with Crippen LogP contribution in [0.15, 0.2) is 0 Å². The fourth-order valence-corrected chi connectivity index (χ4v) is 1.01. The fraction of sp³-hybridized carbons (Fsp3) is 0.750. The molecule has 0 aliphatic rings. The Balaban J connectivity index is 3.87. The van der Waals surface area contributed by atoms with Gasteiger partial charge in [0, 0.05) is 0 Å². The molecule has 0 bridgehead atoms. The van der Waals surface area contributed by atoms with Gasteiger partial charge < -0.3 is 15.1 Å². The molecule has 0 rings (SSSR count). The number of carbonyl (C=O) groups excluding carboxylic acids is 1. The highest BCUT2D eigenvalue weighted by Crippen LogP contribution is 2.37. The second-order valence-electron chi connectivity index (χ2n) is 1.78. The van der Waals surface area contributed by atoms with Crippen molar-refractivity contribution in [2.24, 2.45) is 0 Å². The van der Waals surface area contributed by atoms with Gasteiger partial charge in [-0.25, -0.2) is 4.57 Å². The maximum Gasteiger partial charge on any atom is 0.471 e.